The summed E-state index contributed by atoms with van der Waals surface area (Å²) < 4.78 is 0. The van der Waals surface area contributed by atoms with E-state index in [9.17, 15) is 0 Å². The molecule has 0 aliphatic heterocycles. The molecule has 0 nitrogen and oxygen atoms in total. The van der Waals surface area contributed by atoms with Crippen molar-refractivity contribution >= 4 is 9.69 Å². The Morgan fingerprint density at radius 1 is 1.17 bits per heavy atom. The maximum absolute atomic E-state index is 4.76. The van der Waals surface area contributed by atoms with Crippen LogP contribution in [-0.2, 0) is 17.3 Å². The van der Waals surface area contributed by atoms with E-state index in [1.54, 1.807) is 0 Å². The number of rotatable bonds is 0. The van der Waals surface area contributed by atoms with Crippen molar-refractivity contribution in [2.24, 2.45) is 5.92 Å². The molecule has 0 heterocycles. The Morgan fingerprint density at radius 2 is 1.17 bits per heavy atom. The predicted octanol–water partition coefficient (Wildman–Crippen LogP) is 2.35. The average molecular weight is 159 g/mol. The SMILES string of the molecule is CC(C)C.[Cl][Zn]. The first-order valence-electron chi connectivity index (χ1n) is 2.00. The molecule has 0 amide bonds. The molecule has 0 aliphatic rings. The Balaban J connectivity index is 0. The predicted molar refractivity (Wildman–Crippen MR) is 26.4 cm³/mol. The van der Waals surface area contributed by atoms with E-state index in [-0.39, 0.29) is 0 Å². The van der Waals surface area contributed by atoms with Crippen LogP contribution in [0.2, 0.25) is 0 Å². The summed E-state index contributed by atoms with van der Waals surface area (Å²) in [7, 11) is 4.76. The third-order valence-electron chi connectivity index (χ3n) is 0. The van der Waals surface area contributed by atoms with Crippen LogP contribution in [0.4, 0.5) is 0 Å². The van der Waals surface area contributed by atoms with Gasteiger partial charge in [-0.05, 0) is 5.92 Å². The van der Waals surface area contributed by atoms with E-state index < -0.39 is 0 Å². The van der Waals surface area contributed by atoms with Gasteiger partial charge >= 0.3 is 27.0 Å². The molecule has 0 aromatic rings. The van der Waals surface area contributed by atoms with Crippen molar-refractivity contribution in [3.8, 4) is 0 Å². The van der Waals surface area contributed by atoms with E-state index in [0.29, 0.717) is 0 Å². The summed E-state index contributed by atoms with van der Waals surface area (Å²) in [6.45, 7) is 6.50. The zero-order valence-electron chi connectivity index (χ0n) is 4.66. The minimum absolute atomic E-state index is 0.833. The summed E-state index contributed by atoms with van der Waals surface area (Å²) in [6, 6.07) is 0. The number of halogens is 1. The van der Waals surface area contributed by atoms with Gasteiger partial charge in [0, 0.05) is 0 Å². The standard InChI is InChI=1S/C4H10.ClH.Zn/c1-4(2)3;;/h4H,1-3H3;1H;/q;;+1/p-1. The Morgan fingerprint density at radius 3 is 1.17 bits per heavy atom. The van der Waals surface area contributed by atoms with E-state index in [4.69, 9.17) is 9.69 Å². The summed E-state index contributed by atoms with van der Waals surface area (Å²) in [5.74, 6) is 0.833. The molecular formula is C4H10ClZn. The molecule has 0 rings (SSSR count). The normalized spacial score (nSPS) is 7.17. The molecular weight excluding hydrogens is 149 g/mol. The monoisotopic (exact) mass is 157 g/mol. The van der Waals surface area contributed by atoms with Crippen LogP contribution in [0.5, 0.6) is 0 Å². The summed E-state index contributed by atoms with van der Waals surface area (Å²) in [5.41, 5.74) is 0. The van der Waals surface area contributed by atoms with Crippen molar-refractivity contribution in [1.82, 2.24) is 0 Å². The molecule has 0 fully saturated rings. The van der Waals surface area contributed by atoms with Gasteiger partial charge in [-0.25, -0.2) is 0 Å². The molecule has 35 valence electrons. The third kappa shape index (κ3) is 90.2. The van der Waals surface area contributed by atoms with Crippen molar-refractivity contribution in [3.63, 3.8) is 0 Å². The van der Waals surface area contributed by atoms with Gasteiger partial charge in [-0.3, -0.25) is 0 Å². The zero-order chi connectivity index (χ0) is 5.58. The number of hydrogen-bond donors (Lipinski definition) is 0. The van der Waals surface area contributed by atoms with E-state index in [1.165, 1.54) is 0 Å². The van der Waals surface area contributed by atoms with Gasteiger partial charge in [-0.2, -0.15) is 0 Å². The Bertz CT molecular complexity index is 12.3. The van der Waals surface area contributed by atoms with Crippen LogP contribution in [0.3, 0.4) is 0 Å². The van der Waals surface area contributed by atoms with E-state index in [2.05, 4.69) is 20.8 Å². The summed E-state index contributed by atoms with van der Waals surface area (Å²) >= 11 is 0.847. The van der Waals surface area contributed by atoms with Crippen molar-refractivity contribution in [3.05, 3.63) is 0 Å². The first kappa shape index (κ1) is 10.0. The van der Waals surface area contributed by atoms with Crippen LogP contribution in [0.1, 0.15) is 20.8 Å². The Labute approximate surface area is 54.0 Å². The fraction of sp³-hybridized carbons (Fsp3) is 1.00. The van der Waals surface area contributed by atoms with Crippen LogP contribution >= 0.6 is 9.69 Å². The second kappa shape index (κ2) is 9.32. The summed E-state index contributed by atoms with van der Waals surface area (Å²) in [6.07, 6.45) is 0. The van der Waals surface area contributed by atoms with Gasteiger partial charge in [0.2, 0.25) is 0 Å². The van der Waals surface area contributed by atoms with Crippen molar-refractivity contribution < 1.29 is 17.3 Å². The van der Waals surface area contributed by atoms with Crippen LogP contribution in [0, 0.1) is 5.92 Å². The quantitative estimate of drug-likeness (QED) is 0.476. The Kier molecular flexibility index (Phi) is 15.6. The summed E-state index contributed by atoms with van der Waals surface area (Å²) in [4.78, 5) is 0. The molecule has 0 aromatic carbocycles. The van der Waals surface area contributed by atoms with Crippen molar-refractivity contribution in [2.75, 3.05) is 0 Å². The second-order valence-corrected chi connectivity index (χ2v) is 1.73. The van der Waals surface area contributed by atoms with E-state index in [0.717, 1.165) is 23.2 Å². The molecule has 0 N–H and O–H groups in total. The van der Waals surface area contributed by atoms with Crippen LogP contribution in [0.15, 0.2) is 0 Å². The van der Waals surface area contributed by atoms with Gasteiger partial charge in [-0.15, -0.1) is 0 Å². The van der Waals surface area contributed by atoms with Gasteiger partial charge in [0.05, 0.1) is 0 Å². The molecule has 0 aromatic heterocycles. The molecule has 0 bridgehead atoms. The third-order valence-corrected chi connectivity index (χ3v) is 0. The first-order valence-corrected chi connectivity index (χ1v) is 5.90. The molecule has 0 radical (unpaired) electrons. The van der Waals surface area contributed by atoms with Gasteiger partial charge in [-0.1, -0.05) is 20.8 Å². The van der Waals surface area contributed by atoms with E-state index in [1.807, 2.05) is 0 Å². The maximum atomic E-state index is 4.76. The molecule has 0 saturated carbocycles. The van der Waals surface area contributed by atoms with Crippen molar-refractivity contribution in [1.29, 1.82) is 0 Å². The second-order valence-electron chi connectivity index (χ2n) is 1.73. The van der Waals surface area contributed by atoms with Gasteiger partial charge < -0.3 is 0 Å². The number of hydrogen-bond acceptors (Lipinski definition) is 0. The van der Waals surface area contributed by atoms with Gasteiger partial charge in [0.25, 0.3) is 0 Å². The molecule has 0 spiro atoms. The fourth-order valence-electron chi connectivity index (χ4n) is 0. The van der Waals surface area contributed by atoms with Gasteiger partial charge in [0.1, 0.15) is 0 Å². The molecule has 2 heteroatoms. The minimum atomic E-state index is 0.833. The molecule has 0 aliphatic carbocycles. The van der Waals surface area contributed by atoms with Crippen molar-refractivity contribution in [2.45, 2.75) is 20.8 Å². The van der Waals surface area contributed by atoms with Crippen LogP contribution < -0.4 is 0 Å². The molecule has 0 saturated heterocycles. The molecule has 0 atom stereocenters. The Hall–Kier alpha value is 0.913. The zero-order valence-corrected chi connectivity index (χ0v) is 8.39. The van der Waals surface area contributed by atoms with Crippen LogP contribution in [-0.4, -0.2) is 0 Å². The summed E-state index contributed by atoms with van der Waals surface area (Å²) in [5, 5.41) is 0. The fourth-order valence-corrected chi connectivity index (χ4v) is 0. The van der Waals surface area contributed by atoms with Crippen LogP contribution in [0.25, 0.3) is 0 Å². The first-order chi connectivity index (χ1) is 2.73. The average Bonchev–Trinajstić information content (AvgIpc) is 1.41. The van der Waals surface area contributed by atoms with Gasteiger partial charge in [0.15, 0.2) is 0 Å². The molecule has 6 heavy (non-hydrogen) atoms. The van der Waals surface area contributed by atoms with E-state index >= 15 is 0 Å². The molecule has 0 unspecified atom stereocenters. The topological polar surface area (TPSA) is 0 Å².